The summed E-state index contributed by atoms with van der Waals surface area (Å²) in [7, 11) is 4.14. The van der Waals surface area contributed by atoms with Crippen LogP contribution in [0.3, 0.4) is 0 Å². The summed E-state index contributed by atoms with van der Waals surface area (Å²) >= 11 is 0. The number of para-hydroxylation sites is 1. The van der Waals surface area contributed by atoms with Gasteiger partial charge in [-0.3, -0.25) is 4.90 Å². The predicted molar refractivity (Wildman–Crippen MR) is 78.6 cm³/mol. The van der Waals surface area contributed by atoms with Crippen LogP contribution in [0.25, 0.3) is 0 Å². The molecule has 0 amide bonds. The van der Waals surface area contributed by atoms with Crippen molar-refractivity contribution < 1.29 is 4.74 Å². The molecule has 1 heterocycles. The van der Waals surface area contributed by atoms with E-state index in [1.54, 1.807) is 0 Å². The Kier molecular flexibility index (Phi) is 5.63. The molecule has 0 aromatic heterocycles. The van der Waals surface area contributed by atoms with Crippen LogP contribution in [0.1, 0.15) is 5.56 Å². The second-order valence-corrected chi connectivity index (χ2v) is 5.13. The fraction of sp³-hybridized carbons (Fsp3) is 0.600. The van der Waals surface area contributed by atoms with Gasteiger partial charge in [0, 0.05) is 44.8 Å². The highest BCUT2D eigenvalue weighted by atomic mass is 16.5. The van der Waals surface area contributed by atoms with Gasteiger partial charge >= 0.3 is 0 Å². The molecule has 4 heteroatoms. The maximum absolute atomic E-state index is 5.92. The molecule has 0 spiro atoms. The second kappa shape index (κ2) is 7.48. The lowest BCUT2D eigenvalue weighted by molar-refractivity contribution is 0.133. The van der Waals surface area contributed by atoms with Crippen molar-refractivity contribution in [2.45, 2.75) is 6.54 Å². The number of likely N-dealkylation sites (N-methyl/N-ethyl adjacent to an activating group) is 1. The van der Waals surface area contributed by atoms with Crippen LogP contribution in [-0.4, -0.2) is 63.2 Å². The number of benzene rings is 1. The molecule has 1 aromatic carbocycles. The minimum atomic E-state index is 0.768. The molecule has 1 aromatic rings. The molecule has 1 aliphatic rings. The van der Waals surface area contributed by atoms with Gasteiger partial charge in [0.2, 0.25) is 0 Å². The van der Waals surface area contributed by atoms with Gasteiger partial charge < -0.3 is 15.0 Å². The molecule has 0 saturated carbocycles. The van der Waals surface area contributed by atoms with Crippen molar-refractivity contribution in [1.82, 2.24) is 15.1 Å². The van der Waals surface area contributed by atoms with Crippen LogP contribution < -0.4 is 10.1 Å². The van der Waals surface area contributed by atoms with Crippen LogP contribution in [0, 0.1) is 0 Å². The van der Waals surface area contributed by atoms with E-state index >= 15 is 0 Å². The standard InChI is InChI=1S/C15H25N3O/c1-16-13-14-5-3-4-6-15(14)19-12-11-18-9-7-17(2)8-10-18/h3-6,16H,7-13H2,1-2H3. The predicted octanol–water partition coefficient (Wildman–Crippen LogP) is 1.03. The zero-order valence-electron chi connectivity index (χ0n) is 12.1. The first-order valence-corrected chi connectivity index (χ1v) is 7.06. The molecule has 0 unspecified atom stereocenters. The highest BCUT2D eigenvalue weighted by Gasteiger charge is 2.13. The van der Waals surface area contributed by atoms with E-state index in [1.807, 2.05) is 13.1 Å². The largest absolute Gasteiger partial charge is 0.492 e. The average Bonchev–Trinajstić information content (AvgIpc) is 2.43. The summed E-state index contributed by atoms with van der Waals surface area (Å²) in [5, 5.41) is 3.17. The van der Waals surface area contributed by atoms with Gasteiger partial charge in [-0.2, -0.15) is 0 Å². The van der Waals surface area contributed by atoms with Gasteiger partial charge in [0.1, 0.15) is 12.4 Å². The highest BCUT2D eigenvalue weighted by molar-refractivity contribution is 5.33. The second-order valence-electron chi connectivity index (χ2n) is 5.13. The van der Waals surface area contributed by atoms with Crippen LogP contribution in [0.4, 0.5) is 0 Å². The van der Waals surface area contributed by atoms with Gasteiger partial charge in [-0.1, -0.05) is 18.2 Å². The maximum Gasteiger partial charge on any atom is 0.123 e. The van der Waals surface area contributed by atoms with Crippen LogP contribution in [0.2, 0.25) is 0 Å². The maximum atomic E-state index is 5.92. The van der Waals surface area contributed by atoms with E-state index in [4.69, 9.17) is 4.74 Å². The van der Waals surface area contributed by atoms with Crippen molar-refractivity contribution in [1.29, 1.82) is 0 Å². The van der Waals surface area contributed by atoms with Crippen molar-refractivity contribution >= 4 is 0 Å². The third-order valence-electron chi connectivity index (χ3n) is 3.60. The van der Waals surface area contributed by atoms with Crippen LogP contribution in [0.5, 0.6) is 5.75 Å². The Morgan fingerprint density at radius 2 is 1.89 bits per heavy atom. The van der Waals surface area contributed by atoms with Crippen molar-refractivity contribution in [3.05, 3.63) is 29.8 Å². The molecular weight excluding hydrogens is 238 g/mol. The summed E-state index contributed by atoms with van der Waals surface area (Å²) in [5.41, 5.74) is 1.23. The molecule has 106 valence electrons. The van der Waals surface area contributed by atoms with E-state index in [0.717, 1.165) is 51.6 Å². The number of nitrogens with one attached hydrogen (secondary N) is 1. The number of ether oxygens (including phenoxy) is 1. The van der Waals surface area contributed by atoms with Crippen molar-refractivity contribution in [2.24, 2.45) is 0 Å². The van der Waals surface area contributed by atoms with Gasteiger partial charge in [-0.25, -0.2) is 0 Å². The molecule has 1 saturated heterocycles. The van der Waals surface area contributed by atoms with Crippen LogP contribution in [-0.2, 0) is 6.54 Å². The number of hydrogen-bond acceptors (Lipinski definition) is 4. The Balaban J connectivity index is 1.76. The fourth-order valence-corrected chi connectivity index (χ4v) is 2.34. The molecule has 0 radical (unpaired) electrons. The van der Waals surface area contributed by atoms with Crippen LogP contribution >= 0.6 is 0 Å². The fourth-order valence-electron chi connectivity index (χ4n) is 2.34. The minimum absolute atomic E-state index is 0.768. The van der Waals surface area contributed by atoms with E-state index < -0.39 is 0 Å². The Morgan fingerprint density at radius 3 is 2.63 bits per heavy atom. The Bertz CT molecular complexity index is 375. The van der Waals surface area contributed by atoms with Gasteiger partial charge in [0.15, 0.2) is 0 Å². The monoisotopic (exact) mass is 263 g/mol. The molecule has 0 atom stereocenters. The summed E-state index contributed by atoms with van der Waals surface area (Å²) in [6, 6.07) is 8.25. The van der Waals surface area contributed by atoms with Crippen molar-refractivity contribution in [3.8, 4) is 5.75 Å². The number of nitrogens with zero attached hydrogens (tertiary/aromatic N) is 2. The lowest BCUT2D eigenvalue weighted by Gasteiger charge is -2.32. The Hall–Kier alpha value is -1.10. The topological polar surface area (TPSA) is 27.7 Å². The zero-order valence-corrected chi connectivity index (χ0v) is 12.1. The molecule has 0 bridgehead atoms. The first-order chi connectivity index (χ1) is 9.29. The number of piperazine rings is 1. The van der Waals surface area contributed by atoms with Crippen molar-refractivity contribution in [3.63, 3.8) is 0 Å². The van der Waals surface area contributed by atoms with E-state index in [9.17, 15) is 0 Å². The summed E-state index contributed by atoms with van der Waals surface area (Å²) in [6.07, 6.45) is 0. The number of rotatable bonds is 6. The van der Waals surface area contributed by atoms with Crippen molar-refractivity contribution in [2.75, 3.05) is 53.4 Å². The summed E-state index contributed by atoms with van der Waals surface area (Å²) < 4.78 is 5.92. The zero-order chi connectivity index (χ0) is 13.5. The van der Waals surface area contributed by atoms with Crippen LogP contribution in [0.15, 0.2) is 24.3 Å². The molecule has 1 N–H and O–H groups in total. The Labute approximate surface area is 116 Å². The van der Waals surface area contributed by atoms with E-state index in [0.29, 0.717) is 0 Å². The average molecular weight is 263 g/mol. The normalized spacial score (nSPS) is 17.6. The SMILES string of the molecule is CNCc1ccccc1OCCN1CCN(C)CC1. The van der Waals surface area contributed by atoms with Gasteiger partial charge in [-0.05, 0) is 20.2 Å². The highest BCUT2D eigenvalue weighted by Crippen LogP contribution is 2.17. The molecule has 2 rings (SSSR count). The Morgan fingerprint density at radius 1 is 1.16 bits per heavy atom. The van der Waals surface area contributed by atoms with Gasteiger partial charge in [0.05, 0.1) is 0 Å². The smallest absolute Gasteiger partial charge is 0.123 e. The molecular formula is C15H25N3O. The number of hydrogen-bond donors (Lipinski definition) is 1. The lowest BCUT2D eigenvalue weighted by atomic mass is 10.2. The molecule has 1 aliphatic heterocycles. The summed E-state index contributed by atoms with van der Waals surface area (Å²) in [5.74, 6) is 1.01. The third-order valence-corrected chi connectivity index (χ3v) is 3.60. The van der Waals surface area contributed by atoms with E-state index in [-0.39, 0.29) is 0 Å². The van der Waals surface area contributed by atoms with Gasteiger partial charge in [-0.15, -0.1) is 0 Å². The first kappa shape index (κ1) is 14.3. The third kappa shape index (κ3) is 4.49. The molecule has 1 fully saturated rings. The summed E-state index contributed by atoms with van der Waals surface area (Å²) in [4.78, 5) is 4.85. The molecule has 19 heavy (non-hydrogen) atoms. The minimum Gasteiger partial charge on any atom is -0.492 e. The quantitative estimate of drug-likeness (QED) is 0.830. The summed E-state index contributed by atoms with van der Waals surface area (Å²) in [6.45, 7) is 7.26. The molecule has 4 nitrogen and oxygen atoms in total. The van der Waals surface area contributed by atoms with E-state index in [2.05, 4.69) is 40.4 Å². The van der Waals surface area contributed by atoms with E-state index in [1.165, 1.54) is 5.56 Å². The molecule has 0 aliphatic carbocycles. The first-order valence-electron chi connectivity index (χ1n) is 7.06. The van der Waals surface area contributed by atoms with Gasteiger partial charge in [0.25, 0.3) is 0 Å². The lowest BCUT2D eigenvalue weighted by Crippen LogP contribution is -2.45.